The molecule has 0 saturated heterocycles. The Bertz CT molecular complexity index is 1050. The Kier molecular flexibility index (Phi) is 3.84. The molecule has 3 aromatic rings. The van der Waals surface area contributed by atoms with Gasteiger partial charge >= 0.3 is 0 Å². The minimum atomic E-state index is -3.59. The molecule has 1 aliphatic carbocycles. The van der Waals surface area contributed by atoms with Crippen LogP contribution in [0.1, 0.15) is 29.7 Å². The molecule has 0 bridgehead atoms. The van der Waals surface area contributed by atoms with Crippen molar-refractivity contribution in [3.8, 4) is 0 Å². The number of fused-ring (bicyclic) bond motifs is 3. The molecule has 4 rings (SSSR count). The maximum atomic E-state index is 13.1. The molecule has 4 nitrogen and oxygen atoms in total. The zero-order valence-electron chi connectivity index (χ0n) is 14.5. The number of sulfonamides is 1. The van der Waals surface area contributed by atoms with Gasteiger partial charge in [0.15, 0.2) is 0 Å². The third-order valence-corrected chi connectivity index (χ3v) is 6.87. The van der Waals surface area contributed by atoms with Gasteiger partial charge in [-0.1, -0.05) is 12.1 Å². The Morgan fingerprint density at radius 1 is 1.04 bits per heavy atom. The summed E-state index contributed by atoms with van der Waals surface area (Å²) >= 11 is 0. The number of anilines is 1. The van der Waals surface area contributed by atoms with E-state index in [-0.39, 0.29) is 0 Å². The van der Waals surface area contributed by atoms with Crippen molar-refractivity contribution in [1.29, 1.82) is 0 Å². The summed E-state index contributed by atoms with van der Waals surface area (Å²) in [4.78, 5) is 3.80. The fourth-order valence-corrected chi connectivity index (χ4v) is 4.88. The molecule has 1 heterocycles. The molecule has 0 fully saturated rings. The van der Waals surface area contributed by atoms with E-state index >= 15 is 0 Å². The number of hydrogen-bond acceptors (Lipinski definition) is 2. The van der Waals surface area contributed by atoms with Gasteiger partial charge in [-0.25, -0.2) is 8.42 Å². The Morgan fingerprint density at radius 2 is 1.84 bits per heavy atom. The summed E-state index contributed by atoms with van der Waals surface area (Å²) in [6.45, 7) is 1.96. The molecule has 1 aromatic heterocycles. The molecule has 0 unspecified atom stereocenters. The first-order valence-electron chi connectivity index (χ1n) is 8.66. The zero-order valence-corrected chi connectivity index (χ0v) is 15.4. The minimum absolute atomic E-state index is 0.344. The van der Waals surface area contributed by atoms with E-state index in [4.69, 9.17) is 0 Å². The Hall–Kier alpha value is -2.27. The van der Waals surface area contributed by atoms with Crippen LogP contribution in [0.4, 0.5) is 5.69 Å². The predicted molar refractivity (Wildman–Crippen MR) is 102 cm³/mol. The van der Waals surface area contributed by atoms with E-state index in [0.29, 0.717) is 10.6 Å². The van der Waals surface area contributed by atoms with Gasteiger partial charge in [-0.2, -0.15) is 0 Å². The molecular formula is C20H22N2O2S. The largest absolute Gasteiger partial charge is 0.358 e. The first-order valence-corrected chi connectivity index (χ1v) is 10.1. The van der Waals surface area contributed by atoms with Gasteiger partial charge in [0.25, 0.3) is 10.0 Å². The quantitative estimate of drug-likeness (QED) is 0.767. The molecule has 1 aliphatic rings. The summed E-state index contributed by atoms with van der Waals surface area (Å²) in [6.07, 6.45) is 4.43. The van der Waals surface area contributed by atoms with Gasteiger partial charge in [0.2, 0.25) is 0 Å². The lowest BCUT2D eigenvalue weighted by atomic mass is 9.96. The average molecular weight is 354 g/mol. The third kappa shape index (κ3) is 2.72. The highest BCUT2D eigenvalue weighted by atomic mass is 32.2. The molecular weight excluding hydrogens is 332 g/mol. The standard InChI is InChI=1S/C20H22N2O2S/c1-14-6-5-7-15(12-14)22(2)25(23,24)16-10-11-20-18(13-16)17-8-3-4-9-19(17)21-20/h5-7,10-13,21H,3-4,8-9H2,1-2H3. The molecule has 0 radical (unpaired) electrons. The fourth-order valence-electron chi connectivity index (χ4n) is 3.67. The van der Waals surface area contributed by atoms with Gasteiger partial charge in [-0.15, -0.1) is 0 Å². The van der Waals surface area contributed by atoms with E-state index in [9.17, 15) is 8.42 Å². The van der Waals surface area contributed by atoms with Crippen LogP contribution in [0.2, 0.25) is 0 Å². The molecule has 2 aromatic carbocycles. The van der Waals surface area contributed by atoms with E-state index in [0.717, 1.165) is 29.3 Å². The van der Waals surface area contributed by atoms with E-state index < -0.39 is 10.0 Å². The maximum Gasteiger partial charge on any atom is 0.264 e. The smallest absolute Gasteiger partial charge is 0.264 e. The van der Waals surface area contributed by atoms with E-state index in [2.05, 4.69) is 4.98 Å². The third-order valence-electron chi connectivity index (χ3n) is 5.09. The van der Waals surface area contributed by atoms with Crippen LogP contribution >= 0.6 is 0 Å². The number of H-pyrrole nitrogens is 1. The van der Waals surface area contributed by atoms with Crippen molar-refractivity contribution in [2.75, 3.05) is 11.4 Å². The van der Waals surface area contributed by atoms with Crippen molar-refractivity contribution in [1.82, 2.24) is 4.98 Å². The van der Waals surface area contributed by atoms with Crippen LogP contribution in [0, 0.1) is 6.92 Å². The number of rotatable bonds is 3. The lowest BCUT2D eigenvalue weighted by Crippen LogP contribution is -2.26. The highest BCUT2D eigenvalue weighted by Gasteiger charge is 2.23. The molecule has 0 amide bonds. The van der Waals surface area contributed by atoms with Crippen LogP contribution in [0.3, 0.4) is 0 Å². The van der Waals surface area contributed by atoms with Crippen molar-refractivity contribution in [2.45, 2.75) is 37.5 Å². The normalized spacial score (nSPS) is 14.5. The lowest BCUT2D eigenvalue weighted by molar-refractivity contribution is 0.594. The van der Waals surface area contributed by atoms with Gasteiger partial charge in [-0.3, -0.25) is 4.31 Å². The van der Waals surface area contributed by atoms with Crippen molar-refractivity contribution in [3.05, 3.63) is 59.3 Å². The molecule has 130 valence electrons. The number of aromatic amines is 1. The number of aromatic nitrogens is 1. The number of nitrogens with one attached hydrogen (secondary N) is 1. The SMILES string of the molecule is Cc1cccc(N(C)S(=O)(=O)c2ccc3[nH]c4c(c3c2)CCCC4)c1. The van der Waals surface area contributed by atoms with E-state index in [1.165, 1.54) is 28.4 Å². The average Bonchev–Trinajstić information content (AvgIpc) is 2.99. The van der Waals surface area contributed by atoms with Crippen molar-refractivity contribution >= 4 is 26.6 Å². The summed E-state index contributed by atoms with van der Waals surface area (Å²) in [5.74, 6) is 0. The van der Waals surface area contributed by atoms with Crippen LogP contribution in [-0.2, 0) is 22.9 Å². The second-order valence-electron chi connectivity index (χ2n) is 6.81. The molecule has 0 spiro atoms. The summed E-state index contributed by atoms with van der Waals surface area (Å²) in [7, 11) is -1.97. The van der Waals surface area contributed by atoms with Gasteiger partial charge in [0, 0.05) is 23.6 Å². The lowest BCUT2D eigenvalue weighted by Gasteiger charge is -2.20. The Labute approximate surface area is 148 Å². The van der Waals surface area contributed by atoms with Crippen molar-refractivity contribution in [2.24, 2.45) is 0 Å². The maximum absolute atomic E-state index is 13.1. The second kappa shape index (κ2) is 5.92. The fraction of sp³-hybridized carbons (Fsp3) is 0.300. The van der Waals surface area contributed by atoms with Crippen molar-refractivity contribution < 1.29 is 8.42 Å². The van der Waals surface area contributed by atoms with Gasteiger partial charge in [-0.05, 0) is 74.1 Å². The number of hydrogen-bond donors (Lipinski definition) is 1. The predicted octanol–water partition coefficient (Wildman–Crippen LogP) is 4.18. The first kappa shape index (κ1) is 16.2. The molecule has 1 N–H and O–H groups in total. The van der Waals surface area contributed by atoms with Gasteiger partial charge in [0.1, 0.15) is 0 Å². The first-order chi connectivity index (χ1) is 12.0. The van der Waals surface area contributed by atoms with E-state index in [1.54, 1.807) is 13.1 Å². The Morgan fingerprint density at radius 3 is 2.64 bits per heavy atom. The molecule has 25 heavy (non-hydrogen) atoms. The molecule has 0 aliphatic heterocycles. The highest BCUT2D eigenvalue weighted by molar-refractivity contribution is 7.92. The van der Waals surface area contributed by atoms with Crippen LogP contribution in [0.5, 0.6) is 0 Å². The number of benzene rings is 2. The van der Waals surface area contributed by atoms with E-state index in [1.807, 2.05) is 43.3 Å². The monoisotopic (exact) mass is 354 g/mol. The summed E-state index contributed by atoms with van der Waals surface area (Å²) < 4.78 is 27.5. The second-order valence-corrected chi connectivity index (χ2v) is 8.78. The van der Waals surface area contributed by atoms with Crippen LogP contribution in [0.25, 0.3) is 10.9 Å². The molecule has 0 saturated carbocycles. The summed E-state index contributed by atoms with van der Waals surface area (Å²) in [5.41, 5.74) is 5.30. The summed E-state index contributed by atoms with van der Waals surface area (Å²) in [5, 5.41) is 1.05. The topological polar surface area (TPSA) is 53.2 Å². The number of nitrogens with zero attached hydrogens (tertiary/aromatic N) is 1. The number of aryl methyl sites for hydroxylation is 3. The summed E-state index contributed by atoms with van der Waals surface area (Å²) in [6, 6.07) is 13.0. The van der Waals surface area contributed by atoms with Crippen LogP contribution in [0.15, 0.2) is 47.4 Å². The minimum Gasteiger partial charge on any atom is -0.358 e. The van der Waals surface area contributed by atoms with Crippen LogP contribution in [-0.4, -0.2) is 20.4 Å². The van der Waals surface area contributed by atoms with Gasteiger partial charge in [0.05, 0.1) is 10.6 Å². The van der Waals surface area contributed by atoms with Crippen LogP contribution < -0.4 is 4.31 Å². The van der Waals surface area contributed by atoms with Crippen molar-refractivity contribution in [3.63, 3.8) is 0 Å². The Balaban J connectivity index is 1.80. The molecule has 0 atom stereocenters. The van der Waals surface area contributed by atoms with Gasteiger partial charge < -0.3 is 4.98 Å². The zero-order chi connectivity index (χ0) is 17.6. The molecule has 5 heteroatoms. The highest BCUT2D eigenvalue weighted by Crippen LogP contribution is 2.32.